The fourth-order valence-corrected chi connectivity index (χ4v) is 2.96. The van der Waals surface area contributed by atoms with E-state index in [1.165, 1.54) is 0 Å². The van der Waals surface area contributed by atoms with Gasteiger partial charge in [0.1, 0.15) is 12.2 Å². The van der Waals surface area contributed by atoms with Crippen LogP contribution >= 0.6 is 0 Å². The highest BCUT2D eigenvalue weighted by atomic mass is 16.3. The van der Waals surface area contributed by atoms with Crippen LogP contribution in [0, 0.1) is 6.92 Å². The number of carbonyl (C=O) groups excluding carboxylic acids is 1. The molecule has 2 N–H and O–H groups in total. The van der Waals surface area contributed by atoms with Crippen LogP contribution in [-0.2, 0) is 0 Å². The molecule has 0 saturated heterocycles. The molecule has 22 heavy (non-hydrogen) atoms. The van der Waals surface area contributed by atoms with E-state index in [1.807, 2.05) is 43.3 Å². The van der Waals surface area contributed by atoms with E-state index in [9.17, 15) is 15.0 Å². The Labute approximate surface area is 129 Å². The molecule has 1 aliphatic heterocycles. The van der Waals surface area contributed by atoms with Gasteiger partial charge in [-0.3, -0.25) is 4.79 Å². The lowest BCUT2D eigenvalue weighted by Gasteiger charge is -2.41. The number of fused-ring (bicyclic) bond motifs is 1. The first kappa shape index (κ1) is 14.8. The third-order valence-electron chi connectivity index (χ3n) is 4.23. The molecule has 0 radical (unpaired) electrons. The summed E-state index contributed by atoms with van der Waals surface area (Å²) in [4.78, 5) is 14.4. The van der Waals surface area contributed by atoms with Crippen LogP contribution in [0.3, 0.4) is 0 Å². The number of rotatable bonds is 1. The lowest BCUT2D eigenvalue weighted by Crippen LogP contribution is -2.51. The number of hydrogen-bond acceptors (Lipinski definition) is 3. The van der Waals surface area contributed by atoms with Gasteiger partial charge >= 0.3 is 0 Å². The first-order valence-corrected chi connectivity index (χ1v) is 7.36. The Morgan fingerprint density at radius 1 is 1.09 bits per heavy atom. The summed E-state index contributed by atoms with van der Waals surface area (Å²) in [6.07, 6.45) is -1.99. The van der Waals surface area contributed by atoms with Gasteiger partial charge in [0.05, 0.1) is 11.7 Å². The fraction of sp³-hybridized carbons (Fsp3) is 0.278. The standard InChI is InChI=1S/C18H19NO3/c1-11-8-9-15-14(10-11)17(21)16(20)12(2)19(15)18(22)13-6-4-3-5-7-13/h3-10,12,16-17,20-21H,1-2H3/t12-,16?,17?/m0/s1. The van der Waals surface area contributed by atoms with E-state index >= 15 is 0 Å². The molecule has 1 amide bonds. The number of aliphatic hydroxyl groups is 2. The monoisotopic (exact) mass is 297 g/mol. The summed E-state index contributed by atoms with van der Waals surface area (Å²) in [5.41, 5.74) is 2.79. The summed E-state index contributed by atoms with van der Waals surface area (Å²) in [6.45, 7) is 3.66. The van der Waals surface area contributed by atoms with Crippen LogP contribution in [0.4, 0.5) is 5.69 Å². The van der Waals surface area contributed by atoms with Crippen LogP contribution in [-0.4, -0.2) is 28.3 Å². The maximum Gasteiger partial charge on any atom is 0.258 e. The van der Waals surface area contributed by atoms with E-state index in [4.69, 9.17) is 0 Å². The summed E-state index contributed by atoms with van der Waals surface area (Å²) >= 11 is 0. The van der Waals surface area contributed by atoms with Gasteiger partial charge in [0, 0.05) is 11.1 Å². The summed E-state index contributed by atoms with van der Waals surface area (Å²) in [6, 6.07) is 14.0. The van der Waals surface area contributed by atoms with Crippen LogP contribution in [0.15, 0.2) is 48.5 Å². The first-order valence-electron chi connectivity index (χ1n) is 7.36. The smallest absolute Gasteiger partial charge is 0.258 e. The molecule has 2 aromatic rings. The highest BCUT2D eigenvalue weighted by Crippen LogP contribution is 2.38. The van der Waals surface area contributed by atoms with Gasteiger partial charge in [0.2, 0.25) is 0 Å². The molecule has 4 heteroatoms. The highest BCUT2D eigenvalue weighted by molar-refractivity contribution is 6.07. The Kier molecular flexibility index (Phi) is 3.72. The molecule has 0 aromatic heterocycles. The number of aryl methyl sites for hydroxylation is 1. The molecule has 0 spiro atoms. The second-order valence-corrected chi connectivity index (χ2v) is 5.78. The lowest BCUT2D eigenvalue weighted by atomic mass is 9.89. The van der Waals surface area contributed by atoms with Crippen LogP contribution in [0.5, 0.6) is 0 Å². The van der Waals surface area contributed by atoms with Crippen molar-refractivity contribution in [2.45, 2.75) is 32.1 Å². The van der Waals surface area contributed by atoms with Crippen molar-refractivity contribution in [3.8, 4) is 0 Å². The summed E-state index contributed by atoms with van der Waals surface area (Å²) in [5, 5.41) is 20.6. The Bertz CT molecular complexity index is 699. The van der Waals surface area contributed by atoms with Crippen LogP contribution in [0.25, 0.3) is 0 Å². The molecular formula is C18H19NO3. The van der Waals surface area contributed by atoms with Gasteiger partial charge in [0.15, 0.2) is 0 Å². The minimum Gasteiger partial charge on any atom is -0.388 e. The second-order valence-electron chi connectivity index (χ2n) is 5.78. The van der Waals surface area contributed by atoms with E-state index in [1.54, 1.807) is 24.0 Å². The number of carbonyl (C=O) groups is 1. The first-order chi connectivity index (χ1) is 10.5. The van der Waals surface area contributed by atoms with Crippen LogP contribution < -0.4 is 4.90 Å². The number of hydrogen-bond donors (Lipinski definition) is 2. The van der Waals surface area contributed by atoms with Crippen molar-refractivity contribution in [2.24, 2.45) is 0 Å². The van der Waals surface area contributed by atoms with Crippen LogP contribution in [0.2, 0.25) is 0 Å². The van der Waals surface area contributed by atoms with Crippen LogP contribution in [0.1, 0.15) is 34.5 Å². The van der Waals surface area contributed by atoms with Gasteiger partial charge < -0.3 is 15.1 Å². The Hall–Kier alpha value is -2.17. The van der Waals surface area contributed by atoms with Gasteiger partial charge in [-0.05, 0) is 32.0 Å². The van der Waals surface area contributed by atoms with Gasteiger partial charge in [-0.2, -0.15) is 0 Å². The molecule has 2 aromatic carbocycles. The lowest BCUT2D eigenvalue weighted by molar-refractivity contribution is -0.00107. The zero-order chi connectivity index (χ0) is 15.9. The predicted molar refractivity (Wildman–Crippen MR) is 84.9 cm³/mol. The van der Waals surface area contributed by atoms with E-state index in [-0.39, 0.29) is 5.91 Å². The SMILES string of the molecule is Cc1ccc2c(c1)C(O)C(O)[C@H](C)N2C(=O)c1ccccc1. The molecule has 0 saturated carbocycles. The number of benzene rings is 2. The quantitative estimate of drug-likeness (QED) is 0.850. The number of aliphatic hydroxyl groups excluding tert-OH is 2. The third kappa shape index (κ3) is 2.30. The van der Waals surface area contributed by atoms with Crippen molar-refractivity contribution < 1.29 is 15.0 Å². The van der Waals surface area contributed by atoms with Crippen molar-refractivity contribution in [3.05, 3.63) is 65.2 Å². The van der Waals surface area contributed by atoms with Gasteiger partial charge in [-0.1, -0.05) is 35.9 Å². The van der Waals surface area contributed by atoms with Crippen molar-refractivity contribution in [3.63, 3.8) is 0 Å². The van der Waals surface area contributed by atoms with E-state index in [2.05, 4.69) is 0 Å². The molecule has 2 unspecified atom stereocenters. The molecule has 1 aliphatic rings. The number of nitrogens with zero attached hydrogens (tertiary/aromatic N) is 1. The summed E-state index contributed by atoms with van der Waals surface area (Å²) in [7, 11) is 0. The topological polar surface area (TPSA) is 60.8 Å². The molecule has 4 nitrogen and oxygen atoms in total. The molecule has 0 fully saturated rings. The minimum atomic E-state index is -1.01. The van der Waals surface area contributed by atoms with Crippen molar-refractivity contribution in [1.82, 2.24) is 0 Å². The normalized spacial score (nSPS) is 24.0. The zero-order valence-electron chi connectivity index (χ0n) is 12.6. The average molecular weight is 297 g/mol. The average Bonchev–Trinajstić information content (AvgIpc) is 2.54. The molecule has 1 heterocycles. The molecule has 114 valence electrons. The molecule has 0 bridgehead atoms. The minimum absolute atomic E-state index is 0.177. The maximum absolute atomic E-state index is 12.8. The molecular weight excluding hydrogens is 278 g/mol. The van der Waals surface area contributed by atoms with Crippen molar-refractivity contribution in [1.29, 1.82) is 0 Å². The van der Waals surface area contributed by atoms with Gasteiger partial charge in [-0.25, -0.2) is 0 Å². The molecule has 3 atom stereocenters. The van der Waals surface area contributed by atoms with E-state index in [0.717, 1.165) is 5.56 Å². The Morgan fingerprint density at radius 3 is 2.45 bits per heavy atom. The zero-order valence-corrected chi connectivity index (χ0v) is 12.6. The van der Waals surface area contributed by atoms with E-state index < -0.39 is 18.2 Å². The van der Waals surface area contributed by atoms with Crippen molar-refractivity contribution >= 4 is 11.6 Å². The summed E-state index contributed by atoms with van der Waals surface area (Å²) in [5.74, 6) is -0.177. The maximum atomic E-state index is 12.8. The summed E-state index contributed by atoms with van der Waals surface area (Å²) < 4.78 is 0. The van der Waals surface area contributed by atoms with Gasteiger partial charge in [-0.15, -0.1) is 0 Å². The Balaban J connectivity index is 2.11. The number of amides is 1. The molecule has 0 aliphatic carbocycles. The fourth-order valence-electron chi connectivity index (χ4n) is 2.96. The predicted octanol–water partition coefficient (Wildman–Crippen LogP) is 2.44. The number of anilines is 1. The highest BCUT2D eigenvalue weighted by Gasteiger charge is 2.39. The molecule has 3 rings (SSSR count). The second kappa shape index (κ2) is 5.55. The van der Waals surface area contributed by atoms with E-state index in [0.29, 0.717) is 16.8 Å². The third-order valence-corrected chi connectivity index (χ3v) is 4.23. The van der Waals surface area contributed by atoms with Gasteiger partial charge in [0.25, 0.3) is 5.91 Å². The largest absolute Gasteiger partial charge is 0.388 e. The Morgan fingerprint density at radius 2 is 1.77 bits per heavy atom. The van der Waals surface area contributed by atoms with Crippen molar-refractivity contribution in [2.75, 3.05) is 4.90 Å².